The Morgan fingerprint density at radius 3 is 2.90 bits per heavy atom. The SMILES string of the molecule is COc1cccc(Cl)c1CNc1nc(C)cc(C#N)n1. The van der Waals surface area contributed by atoms with E-state index in [0.29, 0.717) is 29.0 Å². The topological polar surface area (TPSA) is 70.8 Å². The first kappa shape index (κ1) is 14.1. The lowest BCUT2D eigenvalue weighted by atomic mass is 10.2. The predicted octanol–water partition coefficient (Wildman–Crippen LogP) is 2.93. The summed E-state index contributed by atoms with van der Waals surface area (Å²) < 4.78 is 5.27. The number of benzene rings is 1. The summed E-state index contributed by atoms with van der Waals surface area (Å²) in [6, 6.07) is 9.07. The van der Waals surface area contributed by atoms with E-state index < -0.39 is 0 Å². The molecule has 0 aliphatic heterocycles. The van der Waals surface area contributed by atoms with Gasteiger partial charge in [-0.25, -0.2) is 9.97 Å². The van der Waals surface area contributed by atoms with Crippen LogP contribution in [0.2, 0.25) is 5.02 Å². The van der Waals surface area contributed by atoms with E-state index in [4.69, 9.17) is 21.6 Å². The molecule has 0 aliphatic rings. The van der Waals surface area contributed by atoms with Gasteiger partial charge in [-0.3, -0.25) is 0 Å². The Balaban J connectivity index is 2.21. The minimum Gasteiger partial charge on any atom is -0.496 e. The second kappa shape index (κ2) is 6.22. The van der Waals surface area contributed by atoms with Gasteiger partial charge in [0.25, 0.3) is 0 Å². The molecule has 0 aliphatic carbocycles. The van der Waals surface area contributed by atoms with Gasteiger partial charge in [0.15, 0.2) is 0 Å². The van der Waals surface area contributed by atoms with Crippen LogP contribution in [0.5, 0.6) is 5.75 Å². The van der Waals surface area contributed by atoms with Crippen molar-refractivity contribution in [2.24, 2.45) is 0 Å². The highest BCUT2D eigenvalue weighted by Crippen LogP contribution is 2.26. The van der Waals surface area contributed by atoms with Crippen LogP contribution >= 0.6 is 11.6 Å². The van der Waals surface area contributed by atoms with Crippen molar-refractivity contribution >= 4 is 17.5 Å². The highest BCUT2D eigenvalue weighted by atomic mass is 35.5. The number of ether oxygens (including phenoxy) is 1. The molecule has 0 radical (unpaired) electrons. The quantitative estimate of drug-likeness (QED) is 0.936. The minimum absolute atomic E-state index is 0.325. The molecule has 0 saturated carbocycles. The molecule has 2 rings (SSSR count). The largest absolute Gasteiger partial charge is 0.496 e. The predicted molar refractivity (Wildman–Crippen MR) is 76.8 cm³/mol. The van der Waals surface area contributed by atoms with Crippen molar-refractivity contribution in [3.8, 4) is 11.8 Å². The fraction of sp³-hybridized carbons (Fsp3) is 0.214. The number of hydrogen-bond acceptors (Lipinski definition) is 5. The van der Waals surface area contributed by atoms with E-state index >= 15 is 0 Å². The van der Waals surface area contributed by atoms with E-state index in [2.05, 4.69) is 15.3 Å². The molecule has 20 heavy (non-hydrogen) atoms. The van der Waals surface area contributed by atoms with Crippen LogP contribution in [0.1, 0.15) is 17.0 Å². The number of aromatic nitrogens is 2. The lowest BCUT2D eigenvalue weighted by Crippen LogP contribution is -2.07. The van der Waals surface area contributed by atoms with Gasteiger partial charge in [0.05, 0.1) is 7.11 Å². The molecule has 2 aromatic rings. The Bertz CT molecular complexity index is 667. The van der Waals surface area contributed by atoms with Crippen molar-refractivity contribution in [2.45, 2.75) is 13.5 Å². The van der Waals surface area contributed by atoms with Crippen molar-refractivity contribution in [1.29, 1.82) is 5.26 Å². The van der Waals surface area contributed by atoms with Crippen LogP contribution in [0.15, 0.2) is 24.3 Å². The maximum Gasteiger partial charge on any atom is 0.224 e. The monoisotopic (exact) mass is 288 g/mol. The van der Waals surface area contributed by atoms with Crippen LogP contribution in [0.3, 0.4) is 0 Å². The number of rotatable bonds is 4. The van der Waals surface area contributed by atoms with Crippen molar-refractivity contribution in [3.05, 3.63) is 46.2 Å². The third kappa shape index (κ3) is 3.16. The molecule has 102 valence electrons. The fourth-order valence-electron chi connectivity index (χ4n) is 1.77. The minimum atomic E-state index is 0.325. The second-order valence-corrected chi connectivity index (χ2v) is 4.51. The van der Waals surface area contributed by atoms with Gasteiger partial charge in [0.2, 0.25) is 5.95 Å². The lowest BCUT2D eigenvalue weighted by molar-refractivity contribution is 0.410. The average molecular weight is 289 g/mol. The summed E-state index contributed by atoms with van der Waals surface area (Å²) in [6.45, 7) is 2.22. The van der Waals surface area contributed by atoms with E-state index in [1.54, 1.807) is 19.2 Å². The number of halogens is 1. The highest BCUT2D eigenvalue weighted by Gasteiger charge is 2.08. The molecular weight excluding hydrogens is 276 g/mol. The van der Waals surface area contributed by atoms with E-state index in [1.165, 1.54) is 0 Å². The molecule has 1 aromatic heterocycles. The van der Waals surface area contributed by atoms with Gasteiger partial charge in [0, 0.05) is 22.8 Å². The average Bonchev–Trinajstić information content (AvgIpc) is 2.45. The Labute approximate surface area is 122 Å². The Hall–Kier alpha value is -2.32. The van der Waals surface area contributed by atoms with Gasteiger partial charge in [-0.15, -0.1) is 0 Å². The Morgan fingerprint density at radius 2 is 2.20 bits per heavy atom. The van der Waals surface area contributed by atoms with Crippen molar-refractivity contribution in [1.82, 2.24) is 9.97 Å². The molecular formula is C14H13ClN4O. The lowest BCUT2D eigenvalue weighted by Gasteiger charge is -2.11. The molecule has 1 aromatic carbocycles. The van der Waals surface area contributed by atoms with Crippen molar-refractivity contribution < 1.29 is 4.74 Å². The fourth-order valence-corrected chi connectivity index (χ4v) is 2.01. The maximum absolute atomic E-state index is 8.89. The first-order valence-corrected chi connectivity index (χ1v) is 6.33. The molecule has 0 unspecified atom stereocenters. The highest BCUT2D eigenvalue weighted by molar-refractivity contribution is 6.31. The van der Waals surface area contributed by atoms with Gasteiger partial charge >= 0.3 is 0 Å². The molecule has 0 fully saturated rings. The van der Waals surface area contributed by atoms with Crippen LogP contribution in [-0.2, 0) is 6.54 Å². The molecule has 1 N–H and O–H groups in total. The summed E-state index contributed by atoms with van der Waals surface area (Å²) in [6.07, 6.45) is 0. The number of nitriles is 1. The molecule has 1 heterocycles. The smallest absolute Gasteiger partial charge is 0.224 e. The van der Waals surface area contributed by atoms with Crippen LogP contribution in [0, 0.1) is 18.3 Å². The third-order valence-corrected chi connectivity index (χ3v) is 3.04. The molecule has 6 heteroatoms. The summed E-state index contributed by atoms with van der Waals surface area (Å²) in [5.41, 5.74) is 1.87. The Morgan fingerprint density at radius 1 is 1.40 bits per heavy atom. The second-order valence-electron chi connectivity index (χ2n) is 4.10. The number of methoxy groups -OCH3 is 1. The van der Waals surface area contributed by atoms with Gasteiger partial charge < -0.3 is 10.1 Å². The van der Waals surface area contributed by atoms with E-state index in [0.717, 1.165) is 11.3 Å². The molecule has 0 bridgehead atoms. The summed E-state index contributed by atoms with van der Waals surface area (Å²) >= 11 is 6.15. The molecule has 0 amide bonds. The zero-order chi connectivity index (χ0) is 14.5. The zero-order valence-corrected chi connectivity index (χ0v) is 11.9. The standard InChI is InChI=1S/C14H13ClN4O/c1-9-6-10(7-16)19-14(18-9)17-8-11-12(15)4-3-5-13(11)20-2/h3-6H,8H2,1-2H3,(H,17,18,19). The van der Waals surface area contributed by atoms with Gasteiger partial charge in [-0.1, -0.05) is 17.7 Å². The van der Waals surface area contributed by atoms with Crippen LogP contribution in [0.4, 0.5) is 5.95 Å². The van der Waals surface area contributed by atoms with E-state index in [9.17, 15) is 0 Å². The molecule has 0 saturated heterocycles. The molecule has 0 atom stereocenters. The van der Waals surface area contributed by atoms with Crippen LogP contribution < -0.4 is 10.1 Å². The summed E-state index contributed by atoms with van der Waals surface area (Å²) in [7, 11) is 1.59. The van der Waals surface area contributed by atoms with Crippen LogP contribution in [0.25, 0.3) is 0 Å². The number of nitrogens with one attached hydrogen (secondary N) is 1. The number of hydrogen-bond donors (Lipinski definition) is 1. The van der Waals surface area contributed by atoms with E-state index in [-0.39, 0.29) is 0 Å². The van der Waals surface area contributed by atoms with Gasteiger partial charge in [-0.05, 0) is 25.1 Å². The molecule has 0 spiro atoms. The first-order valence-electron chi connectivity index (χ1n) is 5.95. The summed E-state index contributed by atoms with van der Waals surface area (Å²) in [4.78, 5) is 8.31. The van der Waals surface area contributed by atoms with Gasteiger partial charge in [-0.2, -0.15) is 5.26 Å². The van der Waals surface area contributed by atoms with Crippen molar-refractivity contribution in [3.63, 3.8) is 0 Å². The summed E-state index contributed by atoms with van der Waals surface area (Å²) in [5, 5.41) is 12.5. The summed E-state index contributed by atoms with van der Waals surface area (Å²) in [5.74, 6) is 1.08. The molecule has 5 nitrogen and oxygen atoms in total. The third-order valence-electron chi connectivity index (χ3n) is 2.69. The van der Waals surface area contributed by atoms with Crippen molar-refractivity contribution in [2.75, 3.05) is 12.4 Å². The maximum atomic E-state index is 8.89. The van der Waals surface area contributed by atoms with E-state index in [1.807, 2.05) is 25.1 Å². The first-order chi connectivity index (χ1) is 9.63. The number of nitrogens with zero attached hydrogens (tertiary/aromatic N) is 3. The number of anilines is 1. The zero-order valence-electron chi connectivity index (χ0n) is 11.1. The van der Waals surface area contributed by atoms with Crippen LogP contribution in [-0.4, -0.2) is 17.1 Å². The normalized spacial score (nSPS) is 9.90. The van der Waals surface area contributed by atoms with Gasteiger partial charge in [0.1, 0.15) is 17.5 Å². The Kier molecular flexibility index (Phi) is 4.38. The number of aryl methyl sites for hydroxylation is 1.